The molecule has 3 aromatic carbocycles. The lowest BCUT2D eigenvalue weighted by atomic mass is 9.90. The fraction of sp³-hybridized carbons (Fsp3) is 0.130. The molecule has 0 aliphatic carbocycles. The summed E-state index contributed by atoms with van der Waals surface area (Å²) in [5.41, 5.74) is 2.61. The van der Waals surface area contributed by atoms with E-state index in [0.29, 0.717) is 6.61 Å². The minimum Gasteiger partial charge on any atom is -0.494 e. The third kappa shape index (κ3) is 5.18. The Hall–Kier alpha value is -3.18. The molecule has 0 saturated carbocycles. The minimum atomic E-state index is -0.442. The Kier molecular flexibility index (Phi) is 6.76. The Labute approximate surface area is 170 Å². The first kappa shape index (κ1) is 19.6. The van der Waals surface area contributed by atoms with Crippen LogP contribution in [0.1, 0.15) is 24.0 Å². The Morgan fingerprint density at radius 2 is 1.43 bits per heavy atom. The summed E-state index contributed by atoms with van der Waals surface area (Å²) < 4.78 is 5.43. The van der Waals surface area contributed by atoms with Gasteiger partial charge >= 0.3 is 0 Å². The molecule has 0 radical (unpaired) electrons. The summed E-state index contributed by atoms with van der Waals surface area (Å²) in [7, 11) is 0. The molecule has 0 aliphatic heterocycles. The number of carbonyl (C=O) groups excluding carboxylic acids is 1. The molecule has 0 aromatic heterocycles. The normalized spacial score (nSPS) is 10.4. The van der Waals surface area contributed by atoms with E-state index in [1.54, 1.807) is 0 Å². The molecule has 0 fully saturated rings. The van der Waals surface area contributed by atoms with Gasteiger partial charge in [-0.25, -0.2) is 0 Å². The molecular formula is C23H22N2O2S. The number of anilines is 1. The average molecular weight is 391 g/mol. The van der Waals surface area contributed by atoms with Crippen LogP contribution in [0, 0.1) is 0 Å². The van der Waals surface area contributed by atoms with Crippen LogP contribution in [0.3, 0.4) is 0 Å². The highest BCUT2D eigenvalue weighted by Crippen LogP contribution is 2.24. The predicted octanol–water partition coefficient (Wildman–Crippen LogP) is 4.73. The predicted molar refractivity (Wildman–Crippen MR) is 117 cm³/mol. The summed E-state index contributed by atoms with van der Waals surface area (Å²) in [5, 5.41) is 6.11. The van der Waals surface area contributed by atoms with Crippen LogP contribution in [0.25, 0.3) is 0 Å². The van der Waals surface area contributed by atoms with Crippen LogP contribution >= 0.6 is 12.2 Å². The molecule has 0 unspecified atom stereocenters. The maximum Gasteiger partial charge on any atom is 0.238 e. The summed E-state index contributed by atoms with van der Waals surface area (Å²) in [5.74, 6) is 0.166. The van der Waals surface area contributed by atoms with Gasteiger partial charge in [-0.2, -0.15) is 0 Å². The molecular weight excluding hydrogens is 368 g/mol. The molecule has 0 heterocycles. The van der Waals surface area contributed by atoms with Crippen molar-refractivity contribution in [3.05, 3.63) is 96.1 Å². The number of nitrogens with one attached hydrogen (secondary N) is 2. The monoisotopic (exact) mass is 390 g/mol. The maximum absolute atomic E-state index is 13.0. The molecule has 0 aliphatic rings. The highest BCUT2D eigenvalue weighted by atomic mass is 32.1. The fourth-order valence-corrected chi connectivity index (χ4v) is 3.15. The lowest BCUT2D eigenvalue weighted by Gasteiger charge is -2.18. The molecule has 28 heavy (non-hydrogen) atoms. The number of hydrogen-bond acceptors (Lipinski definition) is 3. The highest BCUT2D eigenvalue weighted by Gasteiger charge is 2.23. The van der Waals surface area contributed by atoms with Gasteiger partial charge in [-0.1, -0.05) is 60.7 Å². The second-order valence-electron chi connectivity index (χ2n) is 6.16. The van der Waals surface area contributed by atoms with Gasteiger partial charge in [0.25, 0.3) is 0 Å². The first-order valence-corrected chi connectivity index (χ1v) is 9.53. The Morgan fingerprint density at radius 1 is 0.893 bits per heavy atom. The van der Waals surface area contributed by atoms with Crippen molar-refractivity contribution < 1.29 is 9.53 Å². The molecule has 1 amide bonds. The maximum atomic E-state index is 13.0. The van der Waals surface area contributed by atoms with E-state index in [0.717, 1.165) is 22.6 Å². The van der Waals surface area contributed by atoms with E-state index in [1.807, 2.05) is 91.9 Å². The summed E-state index contributed by atoms with van der Waals surface area (Å²) in [6.07, 6.45) is 0. The number of rotatable bonds is 6. The summed E-state index contributed by atoms with van der Waals surface area (Å²) in [6.45, 7) is 2.55. The SMILES string of the molecule is CCOc1ccc(NC(=S)NC(=O)C(c2ccccc2)c2ccccc2)cc1. The number of carbonyl (C=O) groups is 1. The number of benzene rings is 3. The first-order chi connectivity index (χ1) is 13.7. The molecule has 3 aromatic rings. The summed E-state index contributed by atoms with van der Waals surface area (Å²) >= 11 is 5.34. The molecule has 0 saturated heterocycles. The van der Waals surface area contributed by atoms with E-state index in [1.165, 1.54) is 0 Å². The molecule has 142 valence electrons. The third-order valence-electron chi connectivity index (χ3n) is 4.19. The molecule has 3 rings (SSSR count). The van der Waals surface area contributed by atoms with Gasteiger partial charge in [0, 0.05) is 5.69 Å². The molecule has 0 atom stereocenters. The Balaban J connectivity index is 1.72. The van der Waals surface area contributed by atoms with Gasteiger partial charge in [0.05, 0.1) is 12.5 Å². The van der Waals surface area contributed by atoms with Gasteiger partial charge in [0.15, 0.2) is 5.11 Å². The van der Waals surface area contributed by atoms with Gasteiger partial charge < -0.3 is 15.4 Å². The molecule has 0 spiro atoms. The van der Waals surface area contributed by atoms with E-state index < -0.39 is 5.92 Å². The van der Waals surface area contributed by atoms with Crippen LogP contribution in [0.5, 0.6) is 5.75 Å². The second-order valence-corrected chi connectivity index (χ2v) is 6.56. The Morgan fingerprint density at radius 3 is 1.93 bits per heavy atom. The van der Waals surface area contributed by atoms with E-state index in [9.17, 15) is 4.79 Å². The second kappa shape index (κ2) is 9.67. The van der Waals surface area contributed by atoms with Crippen LogP contribution in [0.15, 0.2) is 84.9 Å². The first-order valence-electron chi connectivity index (χ1n) is 9.12. The lowest BCUT2D eigenvalue weighted by Crippen LogP contribution is -2.37. The topological polar surface area (TPSA) is 50.4 Å². The Bertz CT molecular complexity index is 873. The lowest BCUT2D eigenvalue weighted by molar-refractivity contribution is -0.120. The zero-order chi connectivity index (χ0) is 19.8. The molecule has 4 nitrogen and oxygen atoms in total. The van der Waals surface area contributed by atoms with Crippen LogP contribution in [-0.2, 0) is 4.79 Å². The van der Waals surface area contributed by atoms with Gasteiger partial charge in [0.1, 0.15) is 5.75 Å². The fourth-order valence-electron chi connectivity index (χ4n) is 2.93. The van der Waals surface area contributed by atoms with Crippen molar-refractivity contribution >= 4 is 28.9 Å². The molecule has 0 bridgehead atoms. The standard InChI is InChI=1S/C23H22N2O2S/c1-2-27-20-15-13-19(14-16-20)24-23(28)25-22(26)21(17-9-5-3-6-10-17)18-11-7-4-8-12-18/h3-16,21H,2H2,1H3,(H2,24,25,26,28). The third-order valence-corrected chi connectivity index (χ3v) is 4.39. The summed E-state index contributed by atoms with van der Waals surface area (Å²) in [6, 6.07) is 26.8. The van der Waals surface area contributed by atoms with Crippen LogP contribution in [0.4, 0.5) is 5.69 Å². The number of ether oxygens (including phenoxy) is 1. The van der Waals surface area contributed by atoms with Gasteiger partial charge in [-0.3, -0.25) is 4.79 Å². The van der Waals surface area contributed by atoms with Gasteiger partial charge in [0.2, 0.25) is 5.91 Å². The minimum absolute atomic E-state index is 0.180. The van der Waals surface area contributed by atoms with Crippen molar-refractivity contribution in [2.45, 2.75) is 12.8 Å². The smallest absolute Gasteiger partial charge is 0.238 e. The zero-order valence-electron chi connectivity index (χ0n) is 15.6. The van der Waals surface area contributed by atoms with Crippen molar-refractivity contribution in [1.29, 1.82) is 0 Å². The van der Waals surface area contributed by atoms with E-state index in [-0.39, 0.29) is 11.0 Å². The van der Waals surface area contributed by atoms with Crippen molar-refractivity contribution in [3.63, 3.8) is 0 Å². The van der Waals surface area contributed by atoms with Crippen molar-refractivity contribution in [3.8, 4) is 5.75 Å². The zero-order valence-corrected chi connectivity index (χ0v) is 16.4. The van der Waals surface area contributed by atoms with Crippen LogP contribution < -0.4 is 15.4 Å². The molecule has 5 heteroatoms. The van der Waals surface area contributed by atoms with E-state index >= 15 is 0 Å². The van der Waals surface area contributed by atoms with E-state index in [4.69, 9.17) is 17.0 Å². The molecule has 2 N–H and O–H groups in total. The van der Waals surface area contributed by atoms with Crippen LogP contribution in [-0.4, -0.2) is 17.6 Å². The quantitative estimate of drug-likeness (QED) is 0.598. The van der Waals surface area contributed by atoms with Crippen LogP contribution in [0.2, 0.25) is 0 Å². The van der Waals surface area contributed by atoms with Gasteiger partial charge in [-0.15, -0.1) is 0 Å². The van der Waals surface area contributed by atoms with Gasteiger partial charge in [-0.05, 0) is 54.5 Å². The number of amides is 1. The van der Waals surface area contributed by atoms with Crippen molar-refractivity contribution in [2.75, 3.05) is 11.9 Å². The number of hydrogen-bond donors (Lipinski definition) is 2. The van der Waals surface area contributed by atoms with Crippen molar-refractivity contribution in [2.24, 2.45) is 0 Å². The largest absolute Gasteiger partial charge is 0.494 e. The van der Waals surface area contributed by atoms with E-state index in [2.05, 4.69) is 10.6 Å². The highest BCUT2D eigenvalue weighted by molar-refractivity contribution is 7.80. The van der Waals surface area contributed by atoms with Crippen molar-refractivity contribution in [1.82, 2.24) is 5.32 Å². The summed E-state index contributed by atoms with van der Waals surface area (Å²) in [4.78, 5) is 13.0. The number of thiocarbonyl (C=S) groups is 1. The average Bonchev–Trinajstić information content (AvgIpc) is 2.71.